The van der Waals surface area contributed by atoms with Gasteiger partial charge in [0.2, 0.25) is 0 Å². The van der Waals surface area contributed by atoms with Gasteiger partial charge in [0.15, 0.2) is 0 Å². The van der Waals surface area contributed by atoms with Gasteiger partial charge < -0.3 is 19.4 Å². The lowest BCUT2D eigenvalue weighted by atomic mass is 10.0. The highest BCUT2D eigenvalue weighted by Gasteiger charge is 2.24. The smallest absolute Gasteiger partial charge is 0.328 e. The minimum Gasteiger partial charge on any atom is -0.489 e. The van der Waals surface area contributed by atoms with Crippen LogP contribution in [0.4, 0.5) is 0 Å². The predicted molar refractivity (Wildman–Crippen MR) is 158 cm³/mol. The van der Waals surface area contributed by atoms with Crippen LogP contribution in [0.2, 0.25) is 5.02 Å². The molecule has 40 heavy (non-hydrogen) atoms. The third-order valence-electron chi connectivity index (χ3n) is 6.86. The molecule has 4 aromatic carbocycles. The van der Waals surface area contributed by atoms with Crippen molar-refractivity contribution < 1.29 is 19.1 Å². The first-order chi connectivity index (χ1) is 19.4. The lowest BCUT2D eigenvalue weighted by Crippen LogP contribution is -2.43. The zero-order valence-electron chi connectivity index (χ0n) is 22.3. The molecular weight excluding hydrogens is 524 g/mol. The second-order valence-electron chi connectivity index (χ2n) is 9.54. The van der Waals surface area contributed by atoms with Crippen molar-refractivity contribution in [3.8, 4) is 16.9 Å². The van der Waals surface area contributed by atoms with Gasteiger partial charge in [-0.2, -0.15) is 0 Å². The lowest BCUT2D eigenvalue weighted by molar-refractivity contribution is -0.142. The number of hydrogen-bond donors (Lipinski definition) is 1. The Labute approximate surface area is 238 Å². The van der Waals surface area contributed by atoms with E-state index in [0.717, 1.165) is 38.9 Å². The average molecular weight is 553 g/mol. The van der Waals surface area contributed by atoms with Crippen LogP contribution >= 0.6 is 11.6 Å². The lowest BCUT2D eigenvalue weighted by Gasteiger charge is -2.17. The van der Waals surface area contributed by atoms with Crippen LogP contribution in [0.1, 0.15) is 21.6 Å². The van der Waals surface area contributed by atoms with E-state index in [0.29, 0.717) is 17.3 Å². The van der Waals surface area contributed by atoms with Gasteiger partial charge in [0.1, 0.15) is 24.1 Å². The Morgan fingerprint density at radius 1 is 0.850 bits per heavy atom. The van der Waals surface area contributed by atoms with E-state index in [1.54, 1.807) is 0 Å². The van der Waals surface area contributed by atoms with Crippen molar-refractivity contribution in [3.05, 3.63) is 125 Å². The van der Waals surface area contributed by atoms with Gasteiger partial charge in [-0.3, -0.25) is 4.79 Å². The zero-order chi connectivity index (χ0) is 28.1. The molecule has 1 unspecified atom stereocenters. The molecule has 0 radical (unpaired) electrons. The van der Waals surface area contributed by atoms with Crippen molar-refractivity contribution in [2.45, 2.75) is 19.1 Å². The molecule has 1 atom stereocenters. The van der Waals surface area contributed by atoms with E-state index in [2.05, 4.69) is 5.32 Å². The van der Waals surface area contributed by atoms with Gasteiger partial charge in [0.25, 0.3) is 5.91 Å². The first-order valence-electron chi connectivity index (χ1n) is 12.9. The number of esters is 1. The molecule has 0 fully saturated rings. The quantitative estimate of drug-likeness (QED) is 0.209. The van der Waals surface area contributed by atoms with E-state index in [-0.39, 0.29) is 12.3 Å². The summed E-state index contributed by atoms with van der Waals surface area (Å²) >= 11 is 6.04. The minimum absolute atomic E-state index is 0.280. The maximum absolute atomic E-state index is 13.3. The summed E-state index contributed by atoms with van der Waals surface area (Å²) < 4.78 is 12.7. The largest absolute Gasteiger partial charge is 0.489 e. The molecule has 0 saturated heterocycles. The number of rotatable bonds is 9. The summed E-state index contributed by atoms with van der Waals surface area (Å²) in [5, 5.41) is 4.47. The highest BCUT2D eigenvalue weighted by Crippen LogP contribution is 2.27. The molecule has 0 aliphatic carbocycles. The van der Waals surface area contributed by atoms with Gasteiger partial charge >= 0.3 is 5.97 Å². The standard InChI is InChI=1S/C33H29ClN2O4/c1-36-30-19-25(24-12-14-27(34)15-13-24)10-11-26(30)20-31(36)32(37)35-29(33(38)39-2)18-22-8-16-28(17-9-22)40-21-23-6-4-3-5-7-23/h3-17,19-20,29H,18,21H2,1-2H3,(H,35,37). The number of aromatic nitrogens is 1. The Morgan fingerprint density at radius 3 is 2.25 bits per heavy atom. The number of halogens is 1. The maximum Gasteiger partial charge on any atom is 0.328 e. The molecule has 6 nitrogen and oxygen atoms in total. The van der Waals surface area contributed by atoms with Crippen molar-refractivity contribution in [3.63, 3.8) is 0 Å². The van der Waals surface area contributed by atoms with Crippen LogP contribution in [0.25, 0.3) is 22.0 Å². The van der Waals surface area contributed by atoms with Crippen molar-refractivity contribution in [2.24, 2.45) is 7.05 Å². The number of fused-ring (bicyclic) bond motifs is 1. The molecule has 0 saturated carbocycles. The summed E-state index contributed by atoms with van der Waals surface area (Å²) in [6.45, 7) is 0.466. The number of amides is 1. The number of hydrogen-bond acceptors (Lipinski definition) is 4. The molecule has 202 valence electrons. The fourth-order valence-electron chi connectivity index (χ4n) is 4.64. The van der Waals surface area contributed by atoms with Crippen LogP contribution in [0.15, 0.2) is 103 Å². The van der Waals surface area contributed by atoms with E-state index >= 15 is 0 Å². The van der Waals surface area contributed by atoms with Gasteiger partial charge in [-0.25, -0.2) is 4.79 Å². The first kappa shape index (κ1) is 27.0. The predicted octanol–water partition coefficient (Wildman–Crippen LogP) is 6.59. The SMILES string of the molecule is COC(=O)C(Cc1ccc(OCc2ccccc2)cc1)NC(=O)c1cc2ccc(-c3ccc(Cl)cc3)cc2n1C. The monoisotopic (exact) mass is 552 g/mol. The fourth-order valence-corrected chi connectivity index (χ4v) is 4.76. The molecule has 0 aliphatic rings. The molecule has 0 bridgehead atoms. The van der Waals surface area contributed by atoms with Crippen LogP contribution in [-0.2, 0) is 29.6 Å². The second kappa shape index (κ2) is 12.1. The molecule has 0 aliphatic heterocycles. The van der Waals surface area contributed by atoms with Gasteiger partial charge in [0, 0.05) is 29.4 Å². The topological polar surface area (TPSA) is 69.6 Å². The van der Waals surface area contributed by atoms with Crippen molar-refractivity contribution >= 4 is 34.4 Å². The first-order valence-corrected chi connectivity index (χ1v) is 13.3. The molecule has 5 rings (SSSR count). The Bertz CT molecular complexity index is 1630. The van der Waals surface area contributed by atoms with E-state index in [1.165, 1.54) is 7.11 Å². The van der Waals surface area contributed by atoms with Crippen LogP contribution in [0, 0.1) is 0 Å². The van der Waals surface area contributed by atoms with Gasteiger partial charge in [0.05, 0.1) is 7.11 Å². The van der Waals surface area contributed by atoms with E-state index in [9.17, 15) is 9.59 Å². The summed E-state index contributed by atoms with van der Waals surface area (Å²) in [6, 6.07) is 32.0. The van der Waals surface area contributed by atoms with Gasteiger partial charge in [-0.1, -0.05) is 78.3 Å². The number of aryl methyl sites for hydroxylation is 1. The fraction of sp³-hybridized carbons (Fsp3) is 0.152. The van der Waals surface area contributed by atoms with E-state index in [4.69, 9.17) is 21.1 Å². The number of ether oxygens (including phenoxy) is 2. The maximum atomic E-state index is 13.3. The Balaban J connectivity index is 1.29. The Kier molecular flexibility index (Phi) is 8.18. The van der Waals surface area contributed by atoms with Crippen LogP contribution in [0.5, 0.6) is 5.75 Å². The summed E-state index contributed by atoms with van der Waals surface area (Å²) in [4.78, 5) is 26.0. The van der Waals surface area contributed by atoms with E-state index in [1.807, 2.05) is 115 Å². The van der Waals surface area contributed by atoms with Crippen molar-refractivity contribution in [1.82, 2.24) is 9.88 Å². The molecule has 1 heterocycles. The Morgan fingerprint density at radius 2 is 1.55 bits per heavy atom. The molecule has 7 heteroatoms. The highest BCUT2D eigenvalue weighted by atomic mass is 35.5. The number of carbonyl (C=O) groups is 2. The van der Waals surface area contributed by atoms with Crippen LogP contribution in [-0.4, -0.2) is 29.6 Å². The molecule has 1 amide bonds. The van der Waals surface area contributed by atoms with Crippen LogP contribution in [0.3, 0.4) is 0 Å². The second-order valence-corrected chi connectivity index (χ2v) is 9.98. The van der Waals surface area contributed by atoms with Crippen molar-refractivity contribution in [1.29, 1.82) is 0 Å². The van der Waals surface area contributed by atoms with Crippen LogP contribution < -0.4 is 10.1 Å². The highest BCUT2D eigenvalue weighted by molar-refractivity contribution is 6.30. The Hall–Kier alpha value is -4.55. The molecule has 1 aromatic heterocycles. The number of nitrogens with one attached hydrogen (secondary N) is 1. The normalized spacial score (nSPS) is 11.7. The molecule has 0 spiro atoms. The average Bonchev–Trinajstić information content (AvgIpc) is 3.32. The van der Waals surface area contributed by atoms with Gasteiger partial charge in [-0.15, -0.1) is 0 Å². The number of carbonyl (C=O) groups excluding carboxylic acids is 2. The third-order valence-corrected chi connectivity index (χ3v) is 7.11. The third kappa shape index (κ3) is 6.19. The summed E-state index contributed by atoms with van der Waals surface area (Å²) in [5.74, 6) is -0.147. The van der Waals surface area contributed by atoms with Crippen molar-refractivity contribution in [2.75, 3.05) is 7.11 Å². The molecule has 5 aromatic rings. The number of methoxy groups -OCH3 is 1. The van der Waals surface area contributed by atoms with Gasteiger partial charge in [-0.05, 0) is 58.7 Å². The minimum atomic E-state index is -0.851. The number of nitrogens with zero attached hydrogens (tertiary/aromatic N) is 1. The zero-order valence-corrected chi connectivity index (χ0v) is 23.0. The molecule has 1 N–H and O–H groups in total. The van der Waals surface area contributed by atoms with E-state index < -0.39 is 12.0 Å². The number of benzene rings is 4. The summed E-state index contributed by atoms with van der Waals surface area (Å²) in [7, 11) is 3.15. The molecular formula is C33H29ClN2O4. The summed E-state index contributed by atoms with van der Waals surface area (Å²) in [6.07, 6.45) is 0.280. The summed E-state index contributed by atoms with van der Waals surface area (Å²) in [5.41, 5.74) is 5.34.